The van der Waals surface area contributed by atoms with E-state index >= 15 is 0 Å². The molecule has 0 saturated carbocycles. The molecule has 1 N–H and O–H groups in total. The molecule has 2 fully saturated rings. The van der Waals surface area contributed by atoms with E-state index in [4.69, 9.17) is 9.47 Å². The van der Waals surface area contributed by atoms with Gasteiger partial charge in [-0.25, -0.2) is 15.0 Å². The normalized spacial score (nSPS) is 22.0. The molecular formula is C20H29N5O4. The number of fused-ring (bicyclic) bond motifs is 1. The summed E-state index contributed by atoms with van der Waals surface area (Å²) in [5, 5.41) is 10.0. The monoisotopic (exact) mass is 403 g/mol. The molecular weight excluding hydrogens is 374 g/mol. The molecule has 0 spiro atoms. The number of esters is 1. The first kappa shape index (κ1) is 20.0. The minimum absolute atomic E-state index is 0.112. The van der Waals surface area contributed by atoms with E-state index in [1.54, 1.807) is 12.7 Å². The maximum atomic E-state index is 12.2. The fraction of sp³-hybridized carbons (Fsp3) is 0.700. The standard InChI is InChI=1S/C20H29N5O4/c1-2-29-19(27)15-4-3-7-24(10-15)17-16-18(22-13-21-17)25(14-23-16)11-20(12-26)5-8-28-9-6-20/h13-15,26H,2-12H2,1H3. The lowest BCUT2D eigenvalue weighted by Crippen LogP contribution is -2.40. The zero-order valence-electron chi connectivity index (χ0n) is 16.9. The first-order chi connectivity index (χ1) is 14.2. The lowest BCUT2D eigenvalue weighted by atomic mass is 9.81. The Morgan fingerprint density at radius 2 is 2.17 bits per heavy atom. The number of imidazole rings is 1. The number of nitrogens with zero attached hydrogens (tertiary/aromatic N) is 5. The topological polar surface area (TPSA) is 103 Å². The van der Waals surface area contributed by atoms with Crippen LogP contribution in [-0.4, -0.2) is 70.1 Å². The maximum Gasteiger partial charge on any atom is 0.310 e. The van der Waals surface area contributed by atoms with Gasteiger partial charge in [0, 0.05) is 38.3 Å². The number of piperidine rings is 1. The smallest absolute Gasteiger partial charge is 0.310 e. The van der Waals surface area contributed by atoms with Gasteiger partial charge in [-0.3, -0.25) is 4.79 Å². The lowest BCUT2D eigenvalue weighted by molar-refractivity contribution is -0.148. The molecule has 2 aliphatic heterocycles. The predicted octanol–water partition coefficient (Wildman–Crippen LogP) is 1.39. The van der Waals surface area contributed by atoms with Crippen molar-refractivity contribution in [3.63, 3.8) is 0 Å². The van der Waals surface area contributed by atoms with Crippen LogP contribution < -0.4 is 4.90 Å². The van der Waals surface area contributed by atoms with Crippen molar-refractivity contribution in [2.24, 2.45) is 11.3 Å². The third kappa shape index (κ3) is 4.06. The summed E-state index contributed by atoms with van der Waals surface area (Å²) in [5.74, 6) is 0.473. The summed E-state index contributed by atoms with van der Waals surface area (Å²) in [6, 6.07) is 0. The van der Waals surface area contributed by atoms with Crippen molar-refractivity contribution in [1.82, 2.24) is 19.5 Å². The van der Waals surface area contributed by atoms with Crippen molar-refractivity contribution in [3.8, 4) is 0 Å². The van der Waals surface area contributed by atoms with Crippen LogP contribution in [0.4, 0.5) is 5.82 Å². The summed E-state index contributed by atoms with van der Waals surface area (Å²) in [6.45, 7) is 5.72. The Labute approximate surface area is 170 Å². The van der Waals surface area contributed by atoms with E-state index in [0.29, 0.717) is 32.9 Å². The Kier molecular flexibility index (Phi) is 5.96. The van der Waals surface area contributed by atoms with E-state index in [1.165, 1.54) is 0 Å². The number of rotatable bonds is 6. The molecule has 2 aliphatic rings. The highest BCUT2D eigenvalue weighted by Gasteiger charge is 2.34. The molecule has 9 heteroatoms. The van der Waals surface area contributed by atoms with Gasteiger partial charge in [0.2, 0.25) is 0 Å². The maximum absolute atomic E-state index is 12.2. The van der Waals surface area contributed by atoms with Gasteiger partial charge in [0.15, 0.2) is 17.0 Å². The highest BCUT2D eigenvalue weighted by molar-refractivity contribution is 5.84. The van der Waals surface area contributed by atoms with Gasteiger partial charge in [0.25, 0.3) is 0 Å². The summed E-state index contributed by atoms with van der Waals surface area (Å²) < 4.78 is 12.7. The number of hydrogen-bond donors (Lipinski definition) is 1. The van der Waals surface area contributed by atoms with E-state index in [-0.39, 0.29) is 23.9 Å². The van der Waals surface area contributed by atoms with Gasteiger partial charge >= 0.3 is 5.97 Å². The number of carbonyl (C=O) groups is 1. The van der Waals surface area contributed by atoms with Gasteiger partial charge in [-0.15, -0.1) is 0 Å². The second kappa shape index (κ2) is 8.62. The molecule has 0 amide bonds. The largest absolute Gasteiger partial charge is 0.466 e. The highest BCUT2D eigenvalue weighted by atomic mass is 16.5. The Morgan fingerprint density at radius 1 is 1.34 bits per heavy atom. The lowest BCUT2D eigenvalue weighted by Gasteiger charge is -2.35. The zero-order valence-corrected chi connectivity index (χ0v) is 16.9. The molecule has 2 aromatic heterocycles. The van der Waals surface area contributed by atoms with Crippen molar-refractivity contribution in [2.75, 3.05) is 44.4 Å². The Morgan fingerprint density at radius 3 is 2.93 bits per heavy atom. The number of hydrogen-bond acceptors (Lipinski definition) is 8. The number of anilines is 1. The Hall–Kier alpha value is -2.26. The average molecular weight is 403 g/mol. The molecule has 0 aromatic carbocycles. The Balaban J connectivity index is 1.58. The minimum atomic E-state index is -0.211. The fourth-order valence-electron chi connectivity index (χ4n) is 4.37. The summed E-state index contributed by atoms with van der Waals surface area (Å²) in [5.41, 5.74) is 1.28. The van der Waals surface area contributed by atoms with Crippen LogP contribution in [0.25, 0.3) is 11.2 Å². The fourth-order valence-corrected chi connectivity index (χ4v) is 4.37. The van der Waals surface area contributed by atoms with Gasteiger partial charge < -0.3 is 24.0 Å². The zero-order chi connectivity index (χ0) is 20.3. The third-order valence-corrected chi connectivity index (χ3v) is 6.12. The minimum Gasteiger partial charge on any atom is -0.466 e. The summed E-state index contributed by atoms with van der Waals surface area (Å²) in [7, 11) is 0. The number of carbonyl (C=O) groups excluding carboxylic acids is 1. The molecule has 1 unspecified atom stereocenters. The second-order valence-corrected chi connectivity index (χ2v) is 8.05. The first-order valence-corrected chi connectivity index (χ1v) is 10.4. The summed E-state index contributed by atoms with van der Waals surface area (Å²) >= 11 is 0. The molecule has 0 bridgehead atoms. The van der Waals surface area contributed by atoms with Crippen LogP contribution in [0.15, 0.2) is 12.7 Å². The molecule has 4 heterocycles. The van der Waals surface area contributed by atoms with Crippen molar-refractivity contribution in [3.05, 3.63) is 12.7 Å². The van der Waals surface area contributed by atoms with Gasteiger partial charge in [-0.05, 0) is 32.6 Å². The molecule has 0 aliphatic carbocycles. The van der Waals surface area contributed by atoms with Crippen LogP contribution in [-0.2, 0) is 20.8 Å². The van der Waals surface area contributed by atoms with Gasteiger partial charge in [-0.1, -0.05) is 0 Å². The first-order valence-electron chi connectivity index (χ1n) is 10.4. The van der Waals surface area contributed by atoms with Crippen LogP contribution in [0.2, 0.25) is 0 Å². The van der Waals surface area contributed by atoms with E-state index in [1.807, 2.05) is 11.5 Å². The highest BCUT2D eigenvalue weighted by Crippen LogP contribution is 2.34. The van der Waals surface area contributed by atoms with E-state index in [0.717, 1.165) is 49.2 Å². The van der Waals surface area contributed by atoms with Crippen LogP contribution in [0.5, 0.6) is 0 Å². The van der Waals surface area contributed by atoms with Crippen molar-refractivity contribution in [1.29, 1.82) is 0 Å². The summed E-state index contributed by atoms with van der Waals surface area (Å²) in [6.07, 6.45) is 6.70. The van der Waals surface area contributed by atoms with Crippen molar-refractivity contribution >= 4 is 23.0 Å². The number of aliphatic hydroxyl groups is 1. The van der Waals surface area contributed by atoms with E-state index in [9.17, 15) is 9.90 Å². The number of aromatic nitrogens is 4. The average Bonchev–Trinajstić information content (AvgIpc) is 3.17. The van der Waals surface area contributed by atoms with Gasteiger partial charge in [0.1, 0.15) is 6.33 Å². The van der Waals surface area contributed by atoms with E-state index < -0.39 is 0 Å². The number of ether oxygens (including phenoxy) is 2. The quantitative estimate of drug-likeness (QED) is 0.722. The van der Waals surface area contributed by atoms with Crippen LogP contribution in [0.1, 0.15) is 32.6 Å². The number of aliphatic hydroxyl groups excluding tert-OH is 1. The second-order valence-electron chi connectivity index (χ2n) is 8.05. The Bertz CT molecular complexity index is 849. The van der Waals surface area contributed by atoms with E-state index in [2.05, 4.69) is 19.9 Å². The molecule has 158 valence electrons. The third-order valence-electron chi connectivity index (χ3n) is 6.12. The molecule has 4 rings (SSSR count). The SMILES string of the molecule is CCOC(=O)C1CCCN(c2ncnc3c2ncn3CC2(CO)CCOCC2)C1. The van der Waals surface area contributed by atoms with Crippen molar-refractivity contribution < 1.29 is 19.4 Å². The molecule has 1 atom stereocenters. The van der Waals surface area contributed by atoms with Gasteiger partial charge in [-0.2, -0.15) is 0 Å². The molecule has 29 heavy (non-hydrogen) atoms. The predicted molar refractivity (Wildman–Crippen MR) is 106 cm³/mol. The van der Waals surface area contributed by atoms with Crippen LogP contribution in [0.3, 0.4) is 0 Å². The summed E-state index contributed by atoms with van der Waals surface area (Å²) in [4.78, 5) is 27.9. The van der Waals surface area contributed by atoms with Gasteiger partial charge in [0.05, 0.1) is 25.5 Å². The molecule has 2 aromatic rings. The van der Waals surface area contributed by atoms with Crippen LogP contribution >= 0.6 is 0 Å². The molecule has 0 radical (unpaired) electrons. The molecule has 9 nitrogen and oxygen atoms in total. The van der Waals surface area contributed by atoms with Crippen LogP contribution in [0, 0.1) is 11.3 Å². The van der Waals surface area contributed by atoms with Crippen molar-refractivity contribution in [2.45, 2.75) is 39.2 Å². The molecule has 2 saturated heterocycles.